The quantitative estimate of drug-likeness (QED) is 0.748. The van der Waals surface area contributed by atoms with Crippen LogP contribution in [0.25, 0.3) is 0 Å². The third kappa shape index (κ3) is 1.69. The molecule has 1 aliphatic carbocycles. The van der Waals surface area contributed by atoms with Crippen LogP contribution in [0.1, 0.15) is 12.8 Å². The first-order chi connectivity index (χ1) is 7.56. The highest BCUT2D eigenvalue weighted by Gasteiger charge is 2.55. The smallest absolute Gasteiger partial charge is 0.328 e. The number of carbonyl (C=O) groups excluding carboxylic acids is 1. The zero-order chi connectivity index (χ0) is 11.3. The van der Waals surface area contributed by atoms with E-state index in [2.05, 4.69) is 5.32 Å². The van der Waals surface area contributed by atoms with Gasteiger partial charge >= 0.3 is 5.97 Å². The number of alkyl halides is 2. The lowest BCUT2D eigenvalue weighted by atomic mass is 10.0. The number of nitrogens with zero attached hydrogens (tertiary/aromatic N) is 1. The molecule has 2 aliphatic heterocycles. The van der Waals surface area contributed by atoms with Crippen LogP contribution < -0.4 is 5.32 Å². The van der Waals surface area contributed by atoms with E-state index in [0.717, 1.165) is 12.8 Å². The highest BCUT2D eigenvalue weighted by Crippen LogP contribution is 2.38. The van der Waals surface area contributed by atoms with Crippen molar-refractivity contribution in [3.05, 3.63) is 0 Å². The van der Waals surface area contributed by atoms with Crippen LogP contribution in [0.5, 0.6) is 0 Å². The Morgan fingerprint density at radius 2 is 2.12 bits per heavy atom. The molecule has 0 aromatic rings. The lowest BCUT2D eigenvalue weighted by Gasteiger charge is -2.18. The Labute approximate surface area is 91.9 Å². The summed E-state index contributed by atoms with van der Waals surface area (Å²) in [5, 5.41) is 4.16. The fourth-order valence-electron chi connectivity index (χ4n) is 2.40. The van der Waals surface area contributed by atoms with Gasteiger partial charge < -0.3 is 10.2 Å². The molecule has 1 N–H and O–H groups in total. The first-order valence-electron chi connectivity index (χ1n) is 5.64. The van der Waals surface area contributed by atoms with Gasteiger partial charge in [-0.15, -0.1) is 5.06 Å². The normalized spacial score (nSPS) is 37.4. The first-order valence-corrected chi connectivity index (χ1v) is 5.64. The van der Waals surface area contributed by atoms with Crippen molar-refractivity contribution in [2.45, 2.75) is 24.8 Å². The van der Waals surface area contributed by atoms with Gasteiger partial charge in [-0.05, 0) is 12.8 Å². The van der Waals surface area contributed by atoms with E-state index in [9.17, 15) is 13.6 Å². The van der Waals surface area contributed by atoms with Crippen LogP contribution in [-0.4, -0.2) is 42.6 Å². The number of hydrogen-bond acceptors (Lipinski definition) is 4. The van der Waals surface area contributed by atoms with Gasteiger partial charge in [0, 0.05) is 12.6 Å². The van der Waals surface area contributed by atoms with Gasteiger partial charge in [0.1, 0.15) is 0 Å². The molecule has 90 valence electrons. The summed E-state index contributed by atoms with van der Waals surface area (Å²) >= 11 is 0. The van der Waals surface area contributed by atoms with Gasteiger partial charge in [0.05, 0.1) is 24.9 Å². The van der Waals surface area contributed by atoms with E-state index in [1.807, 2.05) is 0 Å². The van der Waals surface area contributed by atoms with Crippen molar-refractivity contribution in [3.8, 4) is 0 Å². The predicted octanol–water partition coefficient (Wildman–Crippen LogP) is 0.393. The SMILES string of the molecule is O=C(ON1C[C@@H]2NCC(F)(F)[C@@H]2C1)C1CC1. The average Bonchev–Trinajstić information content (AvgIpc) is 2.92. The van der Waals surface area contributed by atoms with Crippen LogP contribution in [0.3, 0.4) is 0 Å². The second kappa shape index (κ2) is 3.37. The molecule has 0 amide bonds. The number of halogens is 2. The fraction of sp³-hybridized carbons (Fsp3) is 0.900. The highest BCUT2D eigenvalue weighted by molar-refractivity contribution is 5.74. The summed E-state index contributed by atoms with van der Waals surface area (Å²) in [6.07, 6.45) is 1.74. The van der Waals surface area contributed by atoms with Crippen molar-refractivity contribution in [1.82, 2.24) is 10.4 Å². The summed E-state index contributed by atoms with van der Waals surface area (Å²) in [6.45, 7) is 0.259. The molecule has 2 atom stereocenters. The highest BCUT2D eigenvalue weighted by atomic mass is 19.3. The second-order valence-corrected chi connectivity index (χ2v) is 4.89. The maximum Gasteiger partial charge on any atom is 0.328 e. The molecule has 1 saturated carbocycles. The molecule has 2 heterocycles. The third-order valence-corrected chi connectivity index (χ3v) is 3.56. The molecule has 4 nitrogen and oxygen atoms in total. The molecule has 0 aromatic heterocycles. The van der Waals surface area contributed by atoms with Gasteiger partial charge in [-0.25, -0.2) is 8.78 Å². The average molecular weight is 232 g/mol. The molecule has 0 radical (unpaired) electrons. The van der Waals surface area contributed by atoms with E-state index in [4.69, 9.17) is 4.84 Å². The van der Waals surface area contributed by atoms with Crippen molar-refractivity contribution < 1.29 is 18.4 Å². The summed E-state index contributed by atoms with van der Waals surface area (Å²) in [4.78, 5) is 16.5. The maximum atomic E-state index is 13.4. The molecule has 3 aliphatic rings. The summed E-state index contributed by atoms with van der Waals surface area (Å²) in [5.41, 5.74) is 0. The number of rotatable bonds is 2. The van der Waals surface area contributed by atoms with Crippen LogP contribution in [0.15, 0.2) is 0 Å². The van der Waals surface area contributed by atoms with Crippen LogP contribution in [0.2, 0.25) is 0 Å². The van der Waals surface area contributed by atoms with Crippen molar-refractivity contribution in [2.24, 2.45) is 11.8 Å². The number of carbonyl (C=O) groups is 1. The Hall–Kier alpha value is -0.750. The summed E-state index contributed by atoms with van der Waals surface area (Å²) in [5.74, 6) is -3.65. The van der Waals surface area contributed by atoms with Crippen LogP contribution >= 0.6 is 0 Å². The van der Waals surface area contributed by atoms with Gasteiger partial charge in [-0.1, -0.05) is 0 Å². The standard InChI is InChI=1S/C10H14F2N2O2/c11-10(12)5-13-8-4-14(3-7(8)10)16-9(15)6-1-2-6/h6-8,13H,1-5H2/t7-,8+/m1/s1. The zero-order valence-corrected chi connectivity index (χ0v) is 8.79. The number of fused-ring (bicyclic) bond motifs is 1. The molecule has 16 heavy (non-hydrogen) atoms. The van der Waals surface area contributed by atoms with E-state index < -0.39 is 11.8 Å². The van der Waals surface area contributed by atoms with Crippen molar-refractivity contribution in [3.63, 3.8) is 0 Å². The summed E-state index contributed by atoms with van der Waals surface area (Å²) < 4.78 is 26.7. The molecule has 0 bridgehead atoms. The van der Waals surface area contributed by atoms with Gasteiger partial charge in [-0.2, -0.15) is 0 Å². The predicted molar refractivity (Wildman–Crippen MR) is 50.6 cm³/mol. The van der Waals surface area contributed by atoms with E-state index in [-0.39, 0.29) is 31.0 Å². The molecular weight excluding hydrogens is 218 g/mol. The Morgan fingerprint density at radius 3 is 2.75 bits per heavy atom. The first kappa shape index (κ1) is 10.4. The van der Waals surface area contributed by atoms with Gasteiger partial charge in [-0.3, -0.25) is 4.79 Å². The van der Waals surface area contributed by atoms with Crippen molar-refractivity contribution >= 4 is 5.97 Å². The number of hydroxylamine groups is 2. The summed E-state index contributed by atoms with van der Waals surface area (Å²) in [7, 11) is 0. The number of nitrogens with one attached hydrogen (secondary N) is 1. The van der Waals surface area contributed by atoms with Gasteiger partial charge in [0.15, 0.2) is 0 Å². The lowest BCUT2D eigenvalue weighted by molar-refractivity contribution is -0.190. The second-order valence-electron chi connectivity index (χ2n) is 4.89. The Morgan fingerprint density at radius 1 is 1.38 bits per heavy atom. The Balaban J connectivity index is 1.59. The lowest BCUT2D eigenvalue weighted by Crippen LogP contribution is -2.34. The molecule has 0 spiro atoms. The minimum absolute atomic E-state index is 0.00825. The van der Waals surface area contributed by atoms with Crippen LogP contribution in [0, 0.1) is 11.8 Å². The van der Waals surface area contributed by atoms with Gasteiger partial charge in [0.25, 0.3) is 5.92 Å². The van der Waals surface area contributed by atoms with Crippen LogP contribution in [0.4, 0.5) is 8.78 Å². The molecule has 0 unspecified atom stereocenters. The topological polar surface area (TPSA) is 41.6 Å². The minimum atomic E-state index is -2.68. The molecule has 6 heteroatoms. The van der Waals surface area contributed by atoms with E-state index >= 15 is 0 Å². The largest absolute Gasteiger partial charge is 0.368 e. The Kier molecular flexibility index (Phi) is 2.19. The number of hydrogen-bond donors (Lipinski definition) is 1. The van der Waals surface area contributed by atoms with E-state index in [1.165, 1.54) is 5.06 Å². The van der Waals surface area contributed by atoms with E-state index in [0.29, 0.717) is 6.54 Å². The maximum absolute atomic E-state index is 13.4. The molecular formula is C10H14F2N2O2. The van der Waals surface area contributed by atoms with Crippen molar-refractivity contribution in [1.29, 1.82) is 0 Å². The zero-order valence-electron chi connectivity index (χ0n) is 8.79. The minimum Gasteiger partial charge on any atom is -0.368 e. The van der Waals surface area contributed by atoms with Crippen LogP contribution in [-0.2, 0) is 9.63 Å². The fourth-order valence-corrected chi connectivity index (χ4v) is 2.40. The van der Waals surface area contributed by atoms with Crippen molar-refractivity contribution in [2.75, 3.05) is 19.6 Å². The molecule has 0 aromatic carbocycles. The van der Waals surface area contributed by atoms with Gasteiger partial charge in [0.2, 0.25) is 0 Å². The monoisotopic (exact) mass is 232 g/mol. The molecule has 3 rings (SSSR count). The van der Waals surface area contributed by atoms with E-state index in [1.54, 1.807) is 0 Å². The third-order valence-electron chi connectivity index (χ3n) is 3.56. The summed E-state index contributed by atoms with van der Waals surface area (Å²) in [6, 6.07) is -0.248. The molecule has 3 fully saturated rings. The molecule has 2 saturated heterocycles. The Bertz CT molecular complexity index is 320.